The molecule has 0 unspecified atom stereocenters. The summed E-state index contributed by atoms with van der Waals surface area (Å²) in [5.41, 5.74) is 3.39. The molecule has 4 rings (SSSR count). The quantitative estimate of drug-likeness (QED) is 0.826. The van der Waals surface area contributed by atoms with Crippen LogP contribution in [0.3, 0.4) is 0 Å². The lowest BCUT2D eigenvalue weighted by Gasteiger charge is -2.26. The Morgan fingerprint density at radius 1 is 1.12 bits per heavy atom. The van der Waals surface area contributed by atoms with Gasteiger partial charge in [-0.1, -0.05) is 0 Å². The zero-order chi connectivity index (χ0) is 18.1. The molecule has 0 radical (unpaired) electrons. The fourth-order valence-corrected chi connectivity index (χ4v) is 4.01. The Labute approximate surface area is 154 Å². The van der Waals surface area contributed by atoms with E-state index in [1.165, 1.54) is 18.4 Å². The summed E-state index contributed by atoms with van der Waals surface area (Å²) in [4.78, 5) is 14.2. The first-order chi connectivity index (χ1) is 12.7. The highest BCUT2D eigenvalue weighted by atomic mass is 16.5. The van der Waals surface area contributed by atoms with Crippen LogP contribution < -0.4 is 5.32 Å². The molecule has 0 aliphatic heterocycles. The van der Waals surface area contributed by atoms with Crippen LogP contribution >= 0.6 is 0 Å². The molecule has 2 aromatic rings. The molecule has 2 aliphatic rings. The Balaban J connectivity index is 1.71. The van der Waals surface area contributed by atoms with Crippen molar-refractivity contribution in [3.63, 3.8) is 0 Å². The van der Waals surface area contributed by atoms with Crippen molar-refractivity contribution in [2.75, 3.05) is 19.0 Å². The summed E-state index contributed by atoms with van der Waals surface area (Å²) < 4.78 is 5.20. The molecule has 2 N–H and O–H groups in total. The number of pyridine rings is 1. The predicted molar refractivity (Wildman–Crippen MR) is 101 cm³/mol. The van der Waals surface area contributed by atoms with Gasteiger partial charge >= 0.3 is 0 Å². The van der Waals surface area contributed by atoms with E-state index >= 15 is 0 Å². The second-order valence-corrected chi connectivity index (χ2v) is 7.84. The smallest absolute Gasteiger partial charge is 0.223 e. The van der Waals surface area contributed by atoms with E-state index in [2.05, 4.69) is 17.2 Å². The minimum absolute atomic E-state index is 0.149. The van der Waals surface area contributed by atoms with Crippen LogP contribution in [-0.2, 0) is 4.74 Å². The van der Waals surface area contributed by atoms with Gasteiger partial charge in [-0.3, -0.25) is 4.98 Å². The third-order valence-corrected chi connectivity index (χ3v) is 5.57. The van der Waals surface area contributed by atoms with Gasteiger partial charge in [-0.05, 0) is 51.4 Å². The monoisotopic (exact) mass is 356 g/mol. The lowest BCUT2D eigenvalue weighted by atomic mass is 9.82. The van der Waals surface area contributed by atoms with E-state index in [1.54, 1.807) is 7.11 Å². The zero-order valence-corrected chi connectivity index (χ0v) is 15.6. The molecule has 6 nitrogen and oxygen atoms in total. The van der Waals surface area contributed by atoms with Gasteiger partial charge in [0, 0.05) is 42.4 Å². The van der Waals surface area contributed by atoms with Crippen molar-refractivity contribution >= 4 is 16.9 Å². The number of nitrogens with zero attached hydrogens (tertiary/aromatic N) is 3. The fraction of sp³-hybridized carbons (Fsp3) is 0.650. The molecule has 2 heterocycles. The fourth-order valence-electron chi connectivity index (χ4n) is 4.01. The van der Waals surface area contributed by atoms with Crippen molar-refractivity contribution in [1.82, 2.24) is 15.0 Å². The second-order valence-electron chi connectivity index (χ2n) is 7.84. The molecule has 6 heteroatoms. The molecule has 2 fully saturated rings. The summed E-state index contributed by atoms with van der Waals surface area (Å²) in [6.07, 6.45) is 9.94. The van der Waals surface area contributed by atoms with Gasteiger partial charge in [0.1, 0.15) is 0 Å². The molecule has 140 valence electrons. The largest absolute Gasteiger partial charge is 0.393 e. The molecule has 2 aromatic heterocycles. The SMILES string of the molecule is COC[C@H](C)Nc1ncc2c(C3CC3)ncc([C@H]3CC[C@H](O)CC3)c2n1. The van der Waals surface area contributed by atoms with E-state index in [0.29, 0.717) is 24.4 Å². The van der Waals surface area contributed by atoms with Gasteiger partial charge in [-0.25, -0.2) is 9.97 Å². The van der Waals surface area contributed by atoms with Crippen molar-refractivity contribution in [1.29, 1.82) is 0 Å². The van der Waals surface area contributed by atoms with Crippen LogP contribution in [0.1, 0.15) is 68.5 Å². The predicted octanol–water partition coefficient (Wildman–Crippen LogP) is 3.37. The van der Waals surface area contributed by atoms with E-state index in [1.807, 2.05) is 12.4 Å². The van der Waals surface area contributed by atoms with Gasteiger partial charge in [-0.2, -0.15) is 0 Å². The van der Waals surface area contributed by atoms with Crippen LogP contribution in [-0.4, -0.2) is 45.9 Å². The van der Waals surface area contributed by atoms with Crippen LogP contribution in [0.25, 0.3) is 10.9 Å². The number of ether oxygens (including phenoxy) is 1. The minimum Gasteiger partial charge on any atom is -0.393 e. The van der Waals surface area contributed by atoms with E-state index in [9.17, 15) is 5.11 Å². The molecule has 1 atom stereocenters. The van der Waals surface area contributed by atoms with Gasteiger partial charge in [0.2, 0.25) is 5.95 Å². The topological polar surface area (TPSA) is 80.2 Å². The number of rotatable bonds is 6. The number of hydrogen-bond acceptors (Lipinski definition) is 6. The normalized spacial score (nSPS) is 24.6. The van der Waals surface area contributed by atoms with Crippen LogP contribution in [0.4, 0.5) is 5.95 Å². The Hall–Kier alpha value is -1.79. The zero-order valence-electron chi connectivity index (χ0n) is 15.6. The number of nitrogens with one attached hydrogen (secondary N) is 1. The molecule has 26 heavy (non-hydrogen) atoms. The summed E-state index contributed by atoms with van der Waals surface area (Å²) in [7, 11) is 1.70. The second kappa shape index (κ2) is 7.45. The Kier molecular flexibility index (Phi) is 5.05. The summed E-state index contributed by atoms with van der Waals surface area (Å²) in [5.74, 6) is 1.63. The molecular weight excluding hydrogens is 328 g/mol. The number of fused-ring (bicyclic) bond motifs is 1. The van der Waals surface area contributed by atoms with Gasteiger partial charge in [0.25, 0.3) is 0 Å². The maximum atomic E-state index is 9.84. The summed E-state index contributed by atoms with van der Waals surface area (Å²) in [6.45, 7) is 2.67. The highest BCUT2D eigenvalue weighted by Gasteiger charge is 2.30. The third kappa shape index (κ3) is 3.67. The first kappa shape index (κ1) is 17.6. The van der Waals surface area contributed by atoms with Crippen LogP contribution in [0.2, 0.25) is 0 Å². The summed E-state index contributed by atoms with van der Waals surface area (Å²) in [6, 6.07) is 0.149. The lowest BCUT2D eigenvalue weighted by molar-refractivity contribution is 0.122. The highest BCUT2D eigenvalue weighted by molar-refractivity contribution is 5.85. The van der Waals surface area contributed by atoms with E-state index < -0.39 is 0 Å². The maximum Gasteiger partial charge on any atom is 0.223 e. The number of hydrogen-bond donors (Lipinski definition) is 2. The average Bonchev–Trinajstić information content (AvgIpc) is 3.47. The van der Waals surface area contributed by atoms with Gasteiger partial charge in [0.15, 0.2) is 0 Å². The molecule has 0 saturated heterocycles. The standard InChI is InChI=1S/C20H28N4O2/c1-12(11-26-2)23-20-22-10-17-18(14-3-4-14)21-9-16(19(17)24-20)13-5-7-15(25)8-6-13/h9-10,12-15,25H,3-8,11H2,1-2H3,(H,22,23,24)/t12-,13-,15-/m0/s1. The van der Waals surface area contributed by atoms with E-state index in [4.69, 9.17) is 14.7 Å². The van der Waals surface area contributed by atoms with Gasteiger partial charge < -0.3 is 15.2 Å². The average molecular weight is 356 g/mol. The molecule has 0 spiro atoms. The van der Waals surface area contributed by atoms with E-state index in [-0.39, 0.29) is 12.1 Å². The van der Waals surface area contributed by atoms with Gasteiger partial charge in [0.05, 0.1) is 23.9 Å². The van der Waals surface area contributed by atoms with Crippen molar-refractivity contribution in [2.24, 2.45) is 0 Å². The van der Waals surface area contributed by atoms with Crippen LogP contribution in [0, 0.1) is 0 Å². The van der Waals surface area contributed by atoms with Crippen molar-refractivity contribution in [3.8, 4) is 0 Å². The Bertz CT molecular complexity index is 770. The number of anilines is 1. The molecular formula is C20H28N4O2. The first-order valence-electron chi connectivity index (χ1n) is 9.74. The molecule has 0 amide bonds. The number of aliphatic hydroxyl groups is 1. The lowest BCUT2D eigenvalue weighted by Crippen LogP contribution is -2.22. The number of aliphatic hydroxyl groups excluding tert-OH is 1. The first-order valence-corrected chi connectivity index (χ1v) is 9.74. The summed E-state index contributed by atoms with van der Waals surface area (Å²) >= 11 is 0. The number of aromatic nitrogens is 3. The number of methoxy groups -OCH3 is 1. The Morgan fingerprint density at radius 2 is 1.85 bits per heavy atom. The van der Waals surface area contributed by atoms with Crippen LogP contribution in [0.15, 0.2) is 12.4 Å². The van der Waals surface area contributed by atoms with Crippen molar-refractivity contribution < 1.29 is 9.84 Å². The third-order valence-electron chi connectivity index (χ3n) is 5.57. The highest BCUT2D eigenvalue weighted by Crippen LogP contribution is 2.44. The molecule has 2 aliphatic carbocycles. The molecule has 0 aromatic carbocycles. The van der Waals surface area contributed by atoms with Gasteiger partial charge in [-0.15, -0.1) is 0 Å². The Morgan fingerprint density at radius 3 is 2.54 bits per heavy atom. The van der Waals surface area contributed by atoms with Crippen molar-refractivity contribution in [2.45, 2.75) is 69.4 Å². The summed E-state index contributed by atoms with van der Waals surface area (Å²) in [5, 5.41) is 14.3. The van der Waals surface area contributed by atoms with Crippen molar-refractivity contribution in [3.05, 3.63) is 23.7 Å². The van der Waals surface area contributed by atoms with E-state index in [0.717, 1.165) is 42.3 Å². The molecule has 0 bridgehead atoms. The maximum absolute atomic E-state index is 9.84. The minimum atomic E-state index is -0.155. The van der Waals surface area contributed by atoms with Crippen LogP contribution in [0.5, 0.6) is 0 Å². The molecule has 2 saturated carbocycles.